The maximum atomic E-state index is 3.50. The Balaban J connectivity index is 3.34. The van der Waals surface area contributed by atoms with Gasteiger partial charge in [0.1, 0.15) is 0 Å². The molecule has 1 N–H and O–H groups in total. The van der Waals surface area contributed by atoms with Gasteiger partial charge in [-0.3, -0.25) is 0 Å². The van der Waals surface area contributed by atoms with Crippen molar-refractivity contribution < 1.29 is 0 Å². The predicted molar refractivity (Wildman–Crippen MR) is 55.4 cm³/mol. The van der Waals surface area contributed by atoms with Crippen LogP contribution in [0.15, 0.2) is 0 Å². The molecule has 0 bridgehead atoms. The Kier molecular flexibility index (Phi) is 8.64. The molecule has 0 spiro atoms. The third kappa shape index (κ3) is 6.70. The summed E-state index contributed by atoms with van der Waals surface area (Å²) in [5, 5.41) is 3.50. The van der Waals surface area contributed by atoms with Gasteiger partial charge in [0.05, 0.1) is 0 Å². The number of rotatable bonds is 7. The molecular formula is C9H21NS. The second-order valence-electron chi connectivity index (χ2n) is 2.70. The first-order valence-corrected chi connectivity index (χ1v) is 5.81. The molecule has 0 aliphatic rings. The summed E-state index contributed by atoms with van der Waals surface area (Å²) in [6.45, 7) is 7.76. The van der Waals surface area contributed by atoms with E-state index in [1.54, 1.807) is 0 Å². The van der Waals surface area contributed by atoms with E-state index in [1.807, 2.05) is 11.8 Å². The van der Waals surface area contributed by atoms with Crippen molar-refractivity contribution in [1.82, 2.24) is 5.32 Å². The molecule has 0 fully saturated rings. The van der Waals surface area contributed by atoms with Crippen LogP contribution in [0.1, 0.15) is 33.6 Å². The summed E-state index contributed by atoms with van der Waals surface area (Å²) in [5.41, 5.74) is 0. The van der Waals surface area contributed by atoms with Gasteiger partial charge in [-0.1, -0.05) is 27.2 Å². The minimum atomic E-state index is 0.745. The lowest BCUT2D eigenvalue weighted by atomic mass is 10.2. The number of nitrogens with one attached hydrogen (secondary N) is 1. The molecular weight excluding hydrogens is 154 g/mol. The molecule has 0 radical (unpaired) electrons. The summed E-state index contributed by atoms with van der Waals surface area (Å²) in [6.07, 6.45) is 2.61. The van der Waals surface area contributed by atoms with Gasteiger partial charge in [-0.2, -0.15) is 11.8 Å². The monoisotopic (exact) mass is 175 g/mol. The van der Waals surface area contributed by atoms with Crippen molar-refractivity contribution in [3.05, 3.63) is 0 Å². The molecule has 0 aromatic rings. The molecule has 11 heavy (non-hydrogen) atoms. The van der Waals surface area contributed by atoms with Crippen LogP contribution in [0.5, 0.6) is 0 Å². The molecule has 0 heterocycles. The fourth-order valence-corrected chi connectivity index (χ4v) is 1.95. The minimum absolute atomic E-state index is 0.745. The van der Waals surface area contributed by atoms with Crippen molar-refractivity contribution in [3.63, 3.8) is 0 Å². The van der Waals surface area contributed by atoms with Crippen molar-refractivity contribution >= 4 is 11.8 Å². The molecule has 1 nitrogen and oxygen atoms in total. The largest absolute Gasteiger partial charge is 0.313 e. The Morgan fingerprint density at radius 2 is 2.00 bits per heavy atom. The average Bonchev–Trinajstić information content (AvgIpc) is 2.01. The zero-order valence-electron chi connectivity index (χ0n) is 8.02. The summed E-state index contributed by atoms with van der Waals surface area (Å²) in [5.74, 6) is 2.52. The van der Waals surface area contributed by atoms with E-state index in [2.05, 4.69) is 26.1 Å². The van der Waals surface area contributed by atoms with Crippen LogP contribution in [0, 0.1) is 0 Å². The molecule has 1 atom stereocenters. The van der Waals surface area contributed by atoms with E-state index < -0.39 is 0 Å². The molecule has 0 aliphatic carbocycles. The molecule has 0 saturated carbocycles. The summed E-state index contributed by atoms with van der Waals surface area (Å²) in [6, 6.07) is 0.745. The van der Waals surface area contributed by atoms with E-state index in [0.29, 0.717) is 0 Å². The van der Waals surface area contributed by atoms with Crippen LogP contribution in [0.3, 0.4) is 0 Å². The Morgan fingerprint density at radius 3 is 2.45 bits per heavy atom. The zero-order valence-corrected chi connectivity index (χ0v) is 8.84. The highest BCUT2D eigenvalue weighted by Crippen LogP contribution is 2.06. The quantitative estimate of drug-likeness (QED) is 0.638. The van der Waals surface area contributed by atoms with Crippen LogP contribution in [-0.2, 0) is 0 Å². The van der Waals surface area contributed by atoms with Gasteiger partial charge in [0, 0.05) is 11.8 Å². The molecule has 1 unspecified atom stereocenters. The van der Waals surface area contributed by atoms with Crippen LogP contribution >= 0.6 is 11.8 Å². The fraction of sp³-hybridized carbons (Fsp3) is 1.00. The second kappa shape index (κ2) is 8.41. The zero-order chi connectivity index (χ0) is 8.53. The highest BCUT2D eigenvalue weighted by atomic mass is 32.2. The summed E-state index contributed by atoms with van der Waals surface area (Å²) < 4.78 is 0. The van der Waals surface area contributed by atoms with Crippen molar-refractivity contribution in [2.75, 3.05) is 18.1 Å². The third-order valence-electron chi connectivity index (χ3n) is 1.65. The molecule has 0 amide bonds. The maximum Gasteiger partial charge on any atom is 0.0157 e. The summed E-state index contributed by atoms with van der Waals surface area (Å²) in [7, 11) is 0. The maximum absolute atomic E-state index is 3.50. The first kappa shape index (κ1) is 11.3. The molecule has 0 aliphatic heterocycles. The lowest BCUT2D eigenvalue weighted by Gasteiger charge is -2.15. The average molecular weight is 175 g/mol. The van der Waals surface area contributed by atoms with E-state index in [-0.39, 0.29) is 0 Å². The predicted octanol–water partition coefficient (Wildman–Crippen LogP) is 2.52. The van der Waals surface area contributed by atoms with Gasteiger partial charge in [0.25, 0.3) is 0 Å². The molecule has 0 rings (SSSR count). The number of thioether (sulfide) groups is 1. The van der Waals surface area contributed by atoms with Crippen LogP contribution in [0.4, 0.5) is 0 Å². The third-order valence-corrected chi connectivity index (χ3v) is 2.70. The Bertz CT molecular complexity index is 70.0. The van der Waals surface area contributed by atoms with E-state index in [4.69, 9.17) is 0 Å². The lowest BCUT2D eigenvalue weighted by Crippen LogP contribution is -2.30. The van der Waals surface area contributed by atoms with Crippen LogP contribution in [-0.4, -0.2) is 24.1 Å². The van der Waals surface area contributed by atoms with Crippen LogP contribution in [0.25, 0.3) is 0 Å². The second-order valence-corrected chi connectivity index (χ2v) is 4.02. The normalized spacial score (nSPS) is 13.4. The SMILES string of the molecule is CCCC(CSCC)NCC. The molecule has 2 heteroatoms. The van der Waals surface area contributed by atoms with Gasteiger partial charge in [0.2, 0.25) is 0 Å². The Labute approximate surface area is 75.3 Å². The van der Waals surface area contributed by atoms with E-state index in [9.17, 15) is 0 Å². The molecule has 0 aromatic heterocycles. The van der Waals surface area contributed by atoms with Crippen LogP contribution in [0.2, 0.25) is 0 Å². The first-order valence-electron chi connectivity index (χ1n) is 4.66. The standard InChI is InChI=1S/C9H21NS/c1-4-7-9(10-5-2)8-11-6-3/h9-10H,4-8H2,1-3H3. The van der Waals surface area contributed by atoms with Crippen molar-refractivity contribution in [2.45, 2.75) is 39.7 Å². The molecule has 0 saturated heterocycles. The van der Waals surface area contributed by atoms with Gasteiger partial charge in [-0.05, 0) is 18.7 Å². The number of hydrogen-bond donors (Lipinski definition) is 1. The summed E-state index contributed by atoms with van der Waals surface area (Å²) >= 11 is 2.03. The number of hydrogen-bond acceptors (Lipinski definition) is 2. The van der Waals surface area contributed by atoms with Gasteiger partial charge < -0.3 is 5.32 Å². The first-order chi connectivity index (χ1) is 5.35. The highest BCUT2D eigenvalue weighted by molar-refractivity contribution is 7.99. The minimum Gasteiger partial charge on any atom is -0.313 e. The van der Waals surface area contributed by atoms with E-state index in [1.165, 1.54) is 24.3 Å². The van der Waals surface area contributed by atoms with Crippen LogP contribution < -0.4 is 5.32 Å². The van der Waals surface area contributed by atoms with Crippen molar-refractivity contribution in [2.24, 2.45) is 0 Å². The van der Waals surface area contributed by atoms with Gasteiger partial charge in [0.15, 0.2) is 0 Å². The van der Waals surface area contributed by atoms with Gasteiger partial charge in [-0.15, -0.1) is 0 Å². The smallest absolute Gasteiger partial charge is 0.0157 e. The van der Waals surface area contributed by atoms with Crippen molar-refractivity contribution in [1.29, 1.82) is 0 Å². The Morgan fingerprint density at radius 1 is 1.27 bits per heavy atom. The van der Waals surface area contributed by atoms with Crippen molar-refractivity contribution in [3.8, 4) is 0 Å². The van der Waals surface area contributed by atoms with Gasteiger partial charge in [-0.25, -0.2) is 0 Å². The molecule has 68 valence electrons. The van der Waals surface area contributed by atoms with E-state index >= 15 is 0 Å². The van der Waals surface area contributed by atoms with Gasteiger partial charge >= 0.3 is 0 Å². The lowest BCUT2D eigenvalue weighted by molar-refractivity contribution is 0.531. The molecule has 0 aromatic carbocycles. The summed E-state index contributed by atoms with van der Waals surface area (Å²) in [4.78, 5) is 0. The highest BCUT2D eigenvalue weighted by Gasteiger charge is 2.03. The Hall–Kier alpha value is 0.310. The topological polar surface area (TPSA) is 12.0 Å². The fourth-order valence-electron chi connectivity index (χ4n) is 1.14. The van der Waals surface area contributed by atoms with E-state index in [0.717, 1.165) is 12.6 Å².